The van der Waals surface area contributed by atoms with Crippen LogP contribution in [-0.4, -0.2) is 41.4 Å². The molecule has 3 saturated heterocycles. The molecular weight excluding hydrogens is 342 g/mol. The fourth-order valence-corrected chi connectivity index (χ4v) is 6.23. The molecule has 5 fully saturated rings. The van der Waals surface area contributed by atoms with Crippen LogP contribution in [0.1, 0.15) is 55.3 Å². The number of hydrogen-bond donors (Lipinski definition) is 0. The highest BCUT2D eigenvalue weighted by molar-refractivity contribution is 5.96. The smallest absolute Gasteiger partial charge is 0.293 e. The molecule has 1 amide bonds. The second-order valence-corrected chi connectivity index (χ2v) is 9.04. The van der Waals surface area contributed by atoms with Gasteiger partial charge in [-0.1, -0.05) is 0 Å². The number of hydrogen-bond acceptors (Lipinski definition) is 4. The average Bonchev–Trinajstić information content (AvgIpc) is 3.11. The van der Waals surface area contributed by atoms with Gasteiger partial charge in [0.05, 0.1) is 4.92 Å². The van der Waals surface area contributed by atoms with Gasteiger partial charge in [0.25, 0.3) is 11.6 Å². The Morgan fingerprint density at radius 2 is 1.67 bits per heavy atom. The van der Waals surface area contributed by atoms with Crippen molar-refractivity contribution in [3.63, 3.8) is 0 Å². The van der Waals surface area contributed by atoms with Gasteiger partial charge < -0.3 is 9.80 Å². The second-order valence-electron chi connectivity index (χ2n) is 9.04. The zero-order valence-electron chi connectivity index (χ0n) is 15.7. The van der Waals surface area contributed by atoms with Crippen LogP contribution in [0.4, 0.5) is 11.4 Å². The van der Waals surface area contributed by atoms with E-state index in [1.54, 1.807) is 12.1 Å². The summed E-state index contributed by atoms with van der Waals surface area (Å²) in [6.07, 6.45) is 8.22. The standard InChI is InChI=1S/C21H27N3O3/c25-21(23-13-16-8-14-7-15(9-16)11-18(23)10-14)17-3-4-19(20(12-17)24(26)27)22-5-1-2-6-22/h3-4,12,14-16,18H,1-2,5-11,13H2. The zero-order valence-corrected chi connectivity index (χ0v) is 15.7. The summed E-state index contributed by atoms with van der Waals surface area (Å²) in [7, 11) is 0. The van der Waals surface area contributed by atoms with Crippen LogP contribution in [0.15, 0.2) is 18.2 Å². The first-order chi connectivity index (χ1) is 13.1. The topological polar surface area (TPSA) is 66.7 Å². The molecule has 3 heterocycles. The lowest BCUT2D eigenvalue weighted by atomic mass is 9.68. The molecule has 2 saturated carbocycles. The van der Waals surface area contributed by atoms with E-state index in [4.69, 9.17) is 0 Å². The maximum absolute atomic E-state index is 13.3. The van der Waals surface area contributed by atoms with Gasteiger partial charge in [-0.25, -0.2) is 0 Å². The van der Waals surface area contributed by atoms with Crippen molar-refractivity contribution in [3.05, 3.63) is 33.9 Å². The minimum Gasteiger partial charge on any atom is -0.366 e. The summed E-state index contributed by atoms with van der Waals surface area (Å²) >= 11 is 0. The van der Waals surface area contributed by atoms with E-state index in [1.165, 1.54) is 25.3 Å². The lowest BCUT2D eigenvalue weighted by Gasteiger charge is -2.39. The van der Waals surface area contributed by atoms with Gasteiger partial charge in [-0.15, -0.1) is 0 Å². The number of fused-ring (bicyclic) bond motifs is 1. The third-order valence-corrected chi connectivity index (χ3v) is 7.23. The summed E-state index contributed by atoms with van der Waals surface area (Å²) in [6, 6.07) is 5.44. The zero-order chi connectivity index (χ0) is 18.5. The molecule has 6 rings (SSSR count). The summed E-state index contributed by atoms with van der Waals surface area (Å²) in [4.78, 5) is 28.8. The normalized spacial score (nSPS) is 32.0. The van der Waals surface area contributed by atoms with E-state index in [2.05, 4.69) is 9.80 Å². The molecule has 0 spiro atoms. The Labute approximate surface area is 159 Å². The van der Waals surface area contributed by atoms with Gasteiger partial charge >= 0.3 is 0 Å². The highest BCUT2D eigenvalue weighted by atomic mass is 16.6. The van der Waals surface area contributed by atoms with E-state index in [0.29, 0.717) is 23.2 Å². The molecule has 0 aromatic heterocycles. The lowest BCUT2D eigenvalue weighted by molar-refractivity contribution is -0.384. The van der Waals surface area contributed by atoms with Crippen LogP contribution in [0.5, 0.6) is 0 Å². The van der Waals surface area contributed by atoms with Crippen molar-refractivity contribution in [2.45, 2.75) is 51.0 Å². The van der Waals surface area contributed by atoms with Gasteiger partial charge in [-0.05, 0) is 74.8 Å². The number of nitro groups is 1. The van der Waals surface area contributed by atoms with E-state index in [-0.39, 0.29) is 16.5 Å². The summed E-state index contributed by atoms with van der Waals surface area (Å²) in [5, 5.41) is 11.7. The van der Waals surface area contributed by atoms with Crippen molar-refractivity contribution < 1.29 is 9.72 Å². The second kappa shape index (κ2) is 6.50. The quantitative estimate of drug-likeness (QED) is 0.600. The first-order valence-electron chi connectivity index (χ1n) is 10.4. The molecule has 6 nitrogen and oxygen atoms in total. The van der Waals surface area contributed by atoms with E-state index in [1.807, 2.05) is 0 Å². The third-order valence-electron chi connectivity index (χ3n) is 7.23. The van der Waals surface area contributed by atoms with Crippen LogP contribution >= 0.6 is 0 Å². The third kappa shape index (κ3) is 2.99. The first-order valence-corrected chi connectivity index (χ1v) is 10.4. The maximum atomic E-state index is 13.3. The number of carbonyl (C=O) groups excluding carboxylic acids is 1. The van der Waals surface area contributed by atoms with E-state index >= 15 is 0 Å². The number of amides is 1. The molecule has 1 aromatic rings. The van der Waals surface area contributed by atoms with E-state index in [0.717, 1.165) is 57.2 Å². The number of anilines is 1. The minimum absolute atomic E-state index is 0.00993. The van der Waals surface area contributed by atoms with E-state index < -0.39 is 0 Å². The molecule has 5 aliphatic rings. The molecular formula is C21H27N3O3. The molecule has 0 radical (unpaired) electrons. The fourth-order valence-electron chi connectivity index (χ4n) is 6.23. The summed E-state index contributed by atoms with van der Waals surface area (Å²) in [5.74, 6) is 2.16. The molecule has 144 valence electrons. The van der Waals surface area contributed by atoms with Gasteiger partial charge in [0.2, 0.25) is 0 Å². The fraction of sp³-hybridized carbons (Fsp3) is 0.667. The SMILES string of the molecule is O=C(c1ccc(N2CCCC2)c([N+](=O)[O-])c1)N1CC2CC3CC(C2)CC1C3. The van der Waals surface area contributed by atoms with Crippen molar-refractivity contribution in [2.75, 3.05) is 24.5 Å². The molecule has 0 N–H and O–H groups in total. The van der Waals surface area contributed by atoms with Crippen LogP contribution in [0.3, 0.4) is 0 Å². The van der Waals surface area contributed by atoms with Crippen molar-refractivity contribution >= 4 is 17.3 Å². The van der Waals surface area contributed by atoms with Crippen molar-refractivity contribution in [2.24, 2.45) is 17.8 Å². The molecule has 2 unspecified atom stereocenters. The predicted molar refractivity (Wildman–Crippen MR) is 103 cm³/mol. The largest absolute Gasteiger partial charge is 0.366 e. The molecule has 27 heavy (non-hydrogen) atoms. The van der Waals surface area contributed by atoms with Gasteiger partial charge in [-0.2, -0.15) is 0 Å². The van der Waals surface area contributed by atoms with Crippen molar-refractivity contribution in [3.8, 4) is 0 Å². The van der Waals surface area contributed by atoms with Gasteiger partial charge in [0, 0.05) is 37.3 Å². The predicted octanol–water partition coefficient (Wildman–Crippen LogP) is 3.85. The van der Waals surface area contributed by atoms with Gasteiger partial charge in [-0.3, -0.25) is 14.9 Å². The van der Waals surface area contributed by atoms with Crippen LogP contribution in [-0.2, 0) is 0 Å². The van der Waals surface area contributed by atoms with Crippen LogP contribution in [0.2, 0.25) is 0 Å². The lowest BCUT2D eigenvalue weighted by Crippen LogP contribution is -2.42. The number of rotatable bonds is 3. The van der Waals surface area contributed by atoms with Gasteiger partial charge in [0.1, 0.15) is 5.69 Å². The van der Waals surface area contributed by atoms with Crippen LogP contribution in [0.25, 0.3) is 0 Å². The van der Waals surface area contributed by atoms with E-state index in [9.17, 15) is 14.9 Å². The molecule has 3 aliphatic heterocycles. The Balaban J connectivity index is 1.44. The Morgan fingerprint density at radius 1 is 1.00 bits per heavy atom. The highest BCUT2D eigenvalue weighted by Crippen LogP contribution is 2.47. The molecule has 6 heteroatoms. The number of nitrogens with zero attached hydrogens (tertiary/aromatic N) is 3. The Hall–Kier alpha value is -2.11. The minimum atomic E-state index is -0.333. The monoisotopic (exact) mass is 369 g/mol. The molecule has 1 aromatic carbocycles. The highest BCUT2D eigenvalue weighted by Gasteiger charge is 2.44. The summed E-state index contributed by atoms with van der Waals surface area (Å²) < 4.78 is 0. The van der Waals surface area contributed by atoms with Crippen LogP contribution < -0.4 is 4.90 Å². The van der Waals surface area contributed by atoms with Crippen molar-refractivity contribution in [1.82, 2.24) is 4.90 Å². The van der Waals surface area contributed by atoms with Crippen molar-refractivity contribution in [1.29, 1.82) is 0 Å². The average molecular weight is 369 g/mol. The molecule has 4 bridgehead atoms. The first kappa shape index (κ1) is 17.0. The Bertz CT molecular complexity index is 760. The van der Waals surface area contributed by atoms with Gasteiger partial charge in [0.15, 0.2) is 0 Å². The molecule has 2 aliphatic carbocycles. The maximum Gasteiger partial charge on any atom is 0.293 e. The number of nitro benzene ring substituents is 1. The summed E-state index contributed by atoms with van der Waals surface area (Å²) in [5.41, 5.74) is 1.21. The van der Waals surface area contributed by atoms with Crippen LogP contribution in [0, 0.1) is 27.9 Å². The Kier molecular flexibility index (Phi) is 4.10. The number of carbonyl (C=O) groups is 1. The number of benzene rings is 1. The summed E-state index contributed by atoms with van der Waals surface area (Å²) in [6.45, 7) is 2.54. The molecule has 2 atom stereocenters. The Morgan fingerprint density at radius 3 is 2.33 bits per heavy atom.